The van der Waals surface area contributed by atoms with Crippen LogP contribution in [0.2, 0.25) is 0 Å². The van der Waals surface area contributed by atoms with E-state index in [-0.39, 0.29) is 5.76 Å². The Morgan fingerprint density at radius 2 is 2.21 bits per heavy atom. The van der Waals surface area contributed by atoms with Crippen LogP contribution in [0.15, 0.2) is 42.4 Å². The van der Waals surface area contributed by atoms with Crippen LogP contribution >= 0.6 is 0 Å². The number of aliphatic hydroxyl groups is 1. The van der Waals surface area contributed by atoms with Crippen LogP contribution in [0.1, 0.15) is 5.69 Å². The molecule has 4 nitrogen and oxygen atoms in total. The average Bonchev–Trinajstić information content (AvgIpc) is 2.19. The van der Waals surface area contributed by atoms with Crippen LogP contribution in [0.3, 0.4) is 0 Å². The molecule has 1 aromatic rings. The summed E-state index contributed by atoms with van der Waals surface area (Å²) in [6.45, 7) is 0.357. The van der Waals surface area contributed by atoms with Crippen molar-refractivity contribution in [3.05, 3.63) is 48.1 Å². The summed E-state index contributed by atoms with van der Waals surface area (Å²) in [5.74, 6) is 0.0254. The first kappa shape index (κ1) is 8.77. The Balaban J connectivity index is 2.34. The quantitative estimate of drug-likeness (QED) is 0.705. The van der Waals surface area contributed by atoms with Crippen LogP contribution in [0, 0.1) is 0 Å². The van der Waals surface area contributed by atoms with Crippen molar-refractivity contribution >= 4 is 5.57 Å². The molecule has 0 unspecified atom stereocenters. The standard InChI is InChI=1S/C10H10N2O2/c13-10-7-12(14)6-4-8(10)9-3-1-2-5-11-9/h1-5,7,13-14H,6H2. The molecule has 14 heavy (non-hydrogen) atoms. The van der Waals surface area contributed by atoms with Gasteiger partial charge < -0.3 is 5.11 Å². The van der Waals surface area contributed by atoms with Crippen molar-refractivity contribution in [1.82, 2.24) is 10.0 Å². The molecule has 1 aliphatic heterocycles. The van der Waals surface area contributed by atoms with Gasteiger partial charge in [0, 0.05) is 11.8 Å². The van der Waals surface area contributed by atoms with E-state index in [1.54, 1.807) is 12.3 Å². The molecule has 1 aliphatic rings. The van der Waals surface area contributed by atoms with Gasteiger partial charge in [-0.1, -0.05) is 6.07 Å². The number of hydrogen-bond acceptors (Lipinski definition) is 4. The number of hydroxylamine groups is 2. The van der Waals surface area contributed by atoms with E-state index < -0.39 is 0 Å². The fourth-order valence-electron chi connectivity index (χ4n) is 1.31. The lowest BCUT2D eigenvalue weighted by molar-refractivity contribution is -0.0333. The number of pyridine rings is 1. The van der Waals surface area contributed by atoms with E-state index in [1.165, 1.54) is 6.20 Å². The topological polar surface area (TPSA) is 56.6 Å². The molecule has 2 heterocycles. The highest BCUT2D eigenvalue weighted by molar-refractivity contribution is 5.75. The lowest BCUT2D eigenvalue weighted by atomic mass is 10.1. The van der Waals surface area contributed by atoms with E-state index in [0.29, 0.717) is 17.8 Å². The Kier molecular flexibility index (Phi) is 2.20. The van der Waals surface area contributed by atoms with E-state index in [2.05, 4.69) is 4.98 Å². The zero-order valence-electron chi connectivity index (χ0n) is 7.46. The van der Waals surface area contributed by atoms with Crippen LogP contribution in [-0.2, 0) is 0 Å². The maximum absolute atomic E-state index is 9.54. The second-order valence-corrected chi connectivity index (χ2v) is 2.97. The number of rotatable bonds is 1. The van der Waals surface area contributed by atoms with E-state index in [9.17, 15) is 5.11 Å². The van der Waals surface area contributed by atoms with E-state index in [1.807, 2.05) is 18.2 Å². The average molecular weight is 190 g/mol. The van der Waals surface area contributed by atoms with Crippen molar-refractivity contribution in [2.45, 2.75) is 0 Å². The number of aliphatic hydroxyl groups excluding tert-OH is 1. The molecule has 0 aromatic carbocycles. The van der Waals surface area contributed by atoms with Crippen molar-refractivity contribution in [3.63, 3.8) is 0 Å². The van der Waals surface area contributed by atoms with Gasteiger partial charge in [-0.15, -0.1) is 0 Å². The highest BCUT2D eigenvalue weighted by atomic mass is 16.5. The van der Waals surface area contributed by atoms with Crippen LogP contribution in [-0.4, -0.2) is 26.9 Å². The largest absolute Gasteiger partial charge is 0.506 e. The number of aromatic nitrogens is 1. The monoisotopic (exact) mass is 190 g/mol. The van der Waals surface area contributed by atoms with Gasteiger partial charge in [0.2, 0.25) is 0 Å². The molecule has 2 N–H and O–H groups in total. The fourth-order valence-corrected chi connectivity index (χ4v) is 1.31. The van der Waals surface area contributed by atoms with Crippen molar-refractivity contribution in [2.24, 2.45) is 0 Å². The first-order valence-electron chi connectivity index (χ1n) is 4.25. The van der Waals surface area contributed by atoms with Crippen molar-refractivity contribution in [1.29, 1.82) is 0 Å². The molecule has 1 aromatic heterocycles. The minimum atomic E-state index is 0.0254. The zero-order valence-corrected chi connectivity index (χ0v) is 7.46. The third-order valence-corrected chi connectivity index (χ3v) is 1.97. The SMILES string of the molecule is OC1=CN(O)CC=C1c1ccccn1. The first-order valence-corrected chi connectivity index (χ1v) is 4.25. The minimum absolute atomic E-state index is 0.0254. The molecule has 0 amide bonds. The molecule has 0 radical (unpaired) electrons. The van der Waals surface area contributed by atoms with Gasteiger partial charge in [-0.05, 0) is 18.2 Å². The Bertz CT molecular complexity index is 384. The van der Waals surface area contributed by atoms with Gasteiger partial charge in [0.05, 0.1) is 18.4 Å². The summed E-state index contributed by atoms with van der Waals surface area (Å²) in [7, 11) is 0. The summed E-state index contributed by atoms with van der Waals surface area (Å²) >= 11 is 0. The van der Waals surface area contributed by atoms with E-state index in [4.69, 9.17) is 5.21 Å². The Morgan fingerprint density at radius 3 is 2.86 bits per heavy atom. The Labute approximate surface area is 81.4 Å². The Hall–Kier alpha value is -1.81. The second-order valence-electron chi connectivity index (χ2n) is 2.97. The van der Waals surface area contributed by atoms with Gasteiger partial charge in [-0.3, -0.25) is 15.3 Å². The van der Waals surface area contributed by atoms with Crippen LogP contribution < -0.4 is 0 Å². The predicted molar refractivity (Wildman–Crippen MR) is 51.4 cm³/mol. The predicted octanol–water partition coefficient (Wildman–Crippen LogP) is 1.57. The van der Waals surface area contributed by atoms with Crippen LogP contribution in [0.25, 0.3) is 5.57 Å². The molecular weight excluding hydrogens is 180 g/mol. The summed E-state index contributed by atoms with van der Waals surface area (Å²) in [6, 6.07) is 5.47. The lowest BCUT2D eigenvalue weighted by Gasteiger charge is -2.17. The Morgan fingerprint density at radius 1 is 1.36 bits per heavy atom. The smallest absolute Gasteiger partial charge is 0.142 e. The highest BCUT2D eigenvalue weighted by Gasteiger charge is 2.13. The third-order valence-electron chi connectivity index (χ3n) is 1.97. The molecule has 0 fully saturated rings. The van der Waals surface area contributed by atoms with Gasteiger partial charge in [0.25, 0.3) is 0 Å². The lowest BCUT2D eigenvalue weighted by Crippen LogP contribution is -2.17. The molecule has 0 spiro atoms. The highest BCUT2D eigenvalue weighted by Crippen LogP contribution is 2.21. The summed E-state index contributed by atoms with van der Waals surface area (Å²) < 4.78 is 0. The first-order chi connectivity index (χ1) is 6.77. The third kappa shape index (κ3) is 1.60. The van der Waals surface area contributed by atoms with Crippen LogP contribution in [0.4, 0.5) is 0 Å². The van der Waals surface area contributed by atoms with Crippen molar-refractivity contribution < 1.29 is 10.3 Å². The molecule has 0 saturated carbocycles. The summed E-state index contributed by atoms with van der Waals surface area (Å²) in [5, 5.41) is 19.5. The molecule has 72 valence electrons. The van der Waals surface area contributed by atoms with Gasteiger partial charge in [0.15, 0.2) is 0 Å². The second kappa shape index (κ2) is 3.51. The number of hydrogen-bond donors (Lipinski definition) is 2. The normalized spacial score (nSPS) is 16.2. The summed E-state index contributed by atoms with van der Waals surface area (Å²) in [5.41, 5.74) is 1.35. The number of allylic oxidation sites excluding steroid dienone is 1. The van der Waals surface area contributed by atoms with Gasteiger partial charge in [-0.25, -0.2) is 0 Å². The summed E-state index contributed by atoms with van der Waals surface area (Å²) in [4.78, 5) is 4.11. The molecule has 0 bridgehead atoms. The maximum atomic E-state index is 9.54. The van der Waals surface area contributed by atoms with E-state index >= 15 is 0 Å². The molecule has 2 rings (SSSR count). The van der Waals surface area contributed by atoms with Gasteiger partial charge in [-0.2, -0.15) is 0 Å². The maximum Gasteiger partial charge on any atom is 0.142 e. The van der Waals surface area contributed by atoms with E-state index in [0.717, 1.165) is 5.06 Å². The van der Waals surface area contributed by atoms with Gasteiger partial charge in [0.1, 0.15) is 5.76 Å². The number of nitrogens with zero attached hydrogens (tertiary/aromatic N) is 2. The molecule has 0 aliphatic carbocycles. The van der Waals surface area contributed by atoms with Crippen molar-refractivity contribution in [3.8, 4) is 0 Å². The summed E-state index contributed by atoms with van der Waals surface area (Å²) in [6.07, 6.45) is 4.65. The fraction of sp³-hybridized carbons (Fsp3) is 0.100. The molecule has 0 atom stereocenters. The molecule has 0 saturated heterocycles. The van der Waals surface area contributed by atoms with Crippen molar-refractivity contribution in [2.75, 3.05) is 6.54 Å². The molecular formula is C10H10N2O2. The zero-order chi connectivity index (χ0) is 9.97. The minimum Gasteiger partial charge on any atom is -0.506 e. The molecule has 4 heteroatoms. The van der Waals surface area contributed by atoms with Crippen LogP contribution in [0.5, 0.6) is 0 Å². The van der Waals surface area contributed by atoms with Gasteiger partial charge >= 0.3 is 0 Å².